The Labute approximate surface area is 250 Å². The van der Waals surface area contributed by atoms with E-state index in [1.54, 1.807) is 13.2 Å². The van der Waals surface area contributed by atoms with E-state index in [1.165, 1.54) is 29.2 Å². The summed E-state index contributed by atoms with van der Waals surface area (Å²) in [6.07, 6.45) is 3.08. The van der Waals surface area contributed by atoms with Crippen molar-refractivity contribution >= 4 is 38.0 Å². The number of amides is 1. The number of nitrogens with one attached hydrogen (secondary N) is 2. The molecule has 0 atom stereocenters. The summed E-state index contributed by atoms with van der Waals surface area (Å²) in [5, 5.41) is 8.04. The van der Waals surface area contributed by atoms with E-state index in [0.717, 1.165) is 43.8 Å². The summed E-state index contributed by atoms with van der Waals surface area (Å²) in [6.45, 7) is 2.87. The second-order valence-electron chi connectivity index (χ2n) is 10.4. The van der Waals surface area contributed by atoms with E-state index in [1.807, 2.05) is 33.3 Å². The molecule has 10 nitrogen and oxygen atoms in total. The summed E-state index contributed by atoms with van der Waals surface area (Å²) in [4.78, 5) is 18.4. The third-order valence-electron chi connectivity index (χ3n) is 6.83. The number of anilines is 2. The Balaban J connectivity index is 1.61. The molecule has 43 heavy (non-hydrogen) atoms. The SMILES string of the molecule is COCCCNc1c(C(=O)Nn2ncc3cc(S(=O)(=O)c4cc(F)cc(F)c4)ccc32)cccc1N(C)CCCN(C)C. The maximum atomic E-state index is 13.7. The Kier molecular flexibility index (Phi) is 10.3. The minimum absolute atomic E-state index is 0.163. The molecule has 13 heteroatoms. The van der Waals surface area contributed by atoms with E-state index in [2.05, 4.69) is 25.6 Å². The number of ether oxygens (including phenoxy) is 1. The third kappa shape index (κ3) is 7.66. The summed E-state index contributed by atoms with van der Waals surface area (Å²) in [5.74, 6) is -2.41. The predicted molar refractivity (Wildman–Crippen MR) is 163 cm³/mol. The number of hydrogen-bond donors (Lipinski definition) is 2. The van der Waals surface area contributed by atoms with Crippen LogP contribution in [0.25, 0.3) is 10.9 Å². The van der Waals surface area contributed by atoms with Crippen LogP contribution in [-0.4, -0.2) is 83.6 Å². The summed E-state index contributed by atoms with van der Waals surface area (Å²) in [6, 6.07) is 11.8. The first kappa shape index (κ1) is 31.9. The van der Waals surface area contributed by atoms with Gasteiger partial charge in [0.2, 0.25) is 9.84 Å². The van der Waals surface area contributed by atoms with Crippen molar-refractivity contribution in [3.8, 4) is 0 Å². The van der Waals surface area contributed by atoms with E-state index in [9.17, 15) is 22.0 Å². The highest BCUT2D eigenvalue weighted by molar-refractivity contribution is 7.91. The van der Waals surface area contributed by atoms with Gasteiger partial charge in [0.1, 0.15) is 11.6 Å². The van der Waals surface area contributed by atoms with E-state index in [4.69, 9.17) is 4.74 Å². The van der Waals surface area contributed by atoms with Crippen LogP contribution in [0.15, 0.2) is 70.6 Å². The van der Waals surface area contributed by atoms with Gasteiger partial charge in [-0.1, -0.05) is 6.07 Å². The van der Waals surface area contributed by atoms with Gasteiger partial charge in [-0.25, -0.2) is 22.6 Å². The van der Waals surface area contributed by atoms with Crippen molar-refractivity contribution in [3.05, 3.63) is 78.0 Å². The molecule has 0 saturated carbocycles. The standard InChI is InChI=1S/C30H36F2N6O4S/c1-36(2)13-7-14-37(3)28-9-5-8-26(29(28)33-12-6-15-42-4)30(39)35-38-27-11-10-24(16-21(27)20-34-38)43(40,41)25-18-22(31)17-23(32)19-25/h5,8-11,16-20,33H,6-7,12-15H2,1-4H3,(H,35,39). The van der Waals surface area contributed by atoms with Crippen molar-refractivity contribution in [3.63, 3.8) is 0 Å². The molecule has 0 spiro atoms. The minimum atomic E-state index is -4.20. The second-order valence-corrected chi connectivity index (χ2v) is 12.3. The first-order valence-electron chi connectivity index (χ1n) is 13.7. The van der Waals surface area contributed by atoms with Crippen molar-refractivity contribution in [1.29, 1.82) is 0 Å². The zero-order valence-corrected chi connectivity index (χ0v) is 25.4. The molecule has 4 aromatic rings. The molecule has 0 bridgehead atoms. The summed E-state index contributed by atoms with van der Waals surface area (Å²) < 4.78 is 58.7. The topological polar surface area (TPSA) is 109 Å². The predicted octanol–water partition coefficient (Wildman–Crippen LogP) is 4.37. The number of rotatable bonds is 14. The smallest absolute Gasteiger partial charge is 0.273 e. The fourth-order valence-electron chi connectivity index (χ4n) is 4.65. The van der Waals surface area contributed by atoms with Crippen molar-refractivity contribution in [2.24, 2.45) is 0 Å². The van der Waals surface area contributed by atoms with Gasteiger partial charge in [-0.05, 0) is 75.9 Å². The van der Waals surface area contributed by atoms with Gasteiger partial charge in [0.25, 0.3) is 5.91 Å². The van der Waals surface area contributed by atoms with Crippen molar-refractivity contribution in [2.45, 2.75) is 22.6 Å². The molecule has 0 fully saturated rings. The highest BCUT2D eigenvalue weighted by atomic mass is 32.2. The average Bonchev–Trinajstić information content (AvgIpc) is 3.36. The third-order valence-corrected chi connectivity index (χ3v) is 8.56. The molecule has 1 aromatic heterocycles. The second kappa shape index (κ2) is 13.9. The van der Waals surface area contributed by atoms with Gasteiger partial charge in [0.05, 0.1) is 38.4 Å². The van der Waals surface area contributed by atoms with Gasteiger partial charge in [-0.2, -0.15) is 9.89 Å². The fourth-order valence-corrected chi connectivity index (χ4v) is 5.99. The number of methoxy groups -OCH3 is 1. The molecule has 1 amide bonds. The van der Waals surface area contributed by atoms with Crippen molar-refractivity contribution < 1.29 is 26.7 Å². The summed E-state index contributed by atoms with van der Waals surface area (Å²) >= 11 is 0. The summed E-state index contributed by atoms with van der Waals surface area (Å²) in [7, 11) is 3.47. The molecular formula is C30H36F2N6O4S. The molecule has 3 aromatic carbocycles. The van der Waals surface area contributed by atoms with Gasteiger partial charge in [0, 0.05) is 45.3 Å². The van der Waals surface area contributed by atoms with Crippen LogP contribution in [0, 0.1) is 11.6 Å². The number of aromatic nitrogens is 2. The number of halogens is 2. The highest BCUT2D eigenvalue weighted by Crippen LogP contribution is 2.30. The number of sulfone groups is 1. The van der Waals surface area contributed by atoms with Crippen LogP contribution in [0.3, 0.4) is 0 Å². The molecule has 0 radical (unpaired) electrons. The average molecular weight is 615 g/mol. The van der Waals surface area contributed by atoms with Gasteiger partial charge in [-0.3, -0.25) is 4.79 Å². The van der Waals surface area contributed by atoms with Crippen LogP contribution in [0.4, 0.5) is 20.2 Å². The fraction of sp³-hybridized carbons (Fsp3) is 0.333. The Hall–Kier alpha value is -4.07. The first-order chi connectivity index (χ1) is 20.5. The Morgan fingerprint density at radius 2 is 1.72 bits per heavy atom. The molecule has 1 heterocycles. The Morgan fingerprint density at radius 3 is 2.42 bits per heavy atom. The van der Waals surface area contributed by atoms with Gasteiger partial charge >= 0.3 is 0 Å². The Morgan fingerprint density at radius 1 is 0.977 bits per heavy atom. The molecule has 2 N–H and O–H groups in total. The Bertz CT molecular complexity index is 1670. The molecule has 0 aliphatic rings. The van der Waals surface area contributed by atoms with Crippen LogP contribution in [-0.2, 0) is 14.6 Å². The van der Waals surface area contributed by atoms with E-state index < -0.39 is 32.3 Å². The molecule has 0 saturated heterocycles. The largest absolute Gasteiger partial charge is 0.385 e. The van der Waals surface area contributed by atoms with Crippen LogP contribution < -0.4 is 15.6 Å². The van der Waals surface area contributed by atoms with Crippen LogP contribution >= 0.6 is 0 Å². The number of hydrogen-bond acceptors (Lipinski definition) is 8. The van der Waals surface area contributed by atoms with Gasteiger partial charge in [0.15, 0.2) is 0 Å². The first-order valence-corrected chi connectivity index (χ1v) is 15.2. The molecule has 230 valence electrons. The molecule has 4 rings (SSSR count). The maximum absolute atomic E-state index is 13.7. The van der Waals surface area contributed by atoms with Crippen molar-refractivity contribution in [2.75, 3.05) is 70.1 Å². The van der Waals surface area contributed by atoms with Crippen LogP contribution in [0.1, 0.15) is 23.2 Å². The molecule has 0 unspecified atom stereocenters. The number of carbonyl (C=O) groups is 1. The van der Waals surface area contributed by atoms with E-state index >= 15 is 0 Å². The lowest BCUT2D eigenvalue weighted by Gasteiger charge is -2.25. The monoisotopic (exact) mass is 614 g/mol. The minimum Gasteiger partial charge on any atom is -0.385 e. The van der Waals surface area contributed by atoms with Crippen molar-refractivity contribution in [1.82, 2.24) is 14.8 Å². The van der Waals surface area contributed by atoms with Gasteiger partial charge < -0.3 is 19.9 Å². The quantitative estimate of drug-likeness (QED) is 0.202. The molecular weight excluding hydrogens is 578 g/mol. The molecule has 0 aliphatic heterocycles. The van der Waals surface area contributed by atoms with Crippen LogP contribution in [0.2, 0.25) is 0 Å². The molecule has 0 aliphatic carbocycles. The zero-order valence-electron chi connectivity index (χ0n) is 24.6. The number of carbonyl (C=O) groups excluding carboxylic acids is 1. The number of fused-ring (bicyclic) bond motifs is 1. The number of nitrogens with zero attached hydrogens (tertiary/aromatic N) is 4. The summed E-state index contributed by atoms with van der Waals surface area (Å²) in [5.41, 5.74) is 5.17. The normalized spacial score (nSPS) is 11.7. The number of para-hydroxylation sites is 1. The van der Waals surface area contributed by atoms with E-state index in [-0.39, 0.29) is 4.90 Å². The zero-order chi connectivity index (χ0) is 31.1. The highest BCUT2D eigenvalue weighted by Gasteiger charge is 2.22. The van der Waals surface area contributed by atoms with Crippen LogP contribution in [0.5, 0.6) is 0 Å². The van der Waals surface area contributed by atoms with E-state index in [0.29, 0.717) is 41.4 Å². The maximum Gasteiger partial charge on any atom is 0.273 e. The lowest BCUT2D eigenvalue weighted by atomic mass is 10.1. The number of benzene rings is 3. The van der Waals surface area contributed by atoms with Gasteiger partial charge in [-0.15, -0.1) is 0 Å². The lowest BCUT2D eigenvalue weighted by Crippen LogP contribution is -2.27. The lowest BCUT2D eigenvalue weighted by molar-refractivity contribution is 0.101.